The fourth-order valence-corrected chi connectivity index (χ4v) is 3.33. The summed E-state index contributed by atoms with van der Waals surface area (Å²) in [5.74, 6) is 0.448. The molecule has 2 amide bonds. The van der Waals surface area contributed by atoms with Crippen LogP contribution >= 0.6 is 0 Å². The van der Waals surface area contributed by atoms with E-state index in [-0.39, 0.29) is 35.0 Å². The normalized spacial score (nSPS) is 11.1. The highest BCUT2D eigenvalue weighted by atomic mass is 16.6. The standard InChI is InChI=1S/C26H21N3O7/c1-34-18-10-8-17(9-11-18)25(30)28-22(26(31)27-16-20-5-4-14-35-20)15-19-12-13-24(36-19)21-6-2-3-7-23(21)29(32)33/h2-15H,16H2,1H3,(H,27,31)(H,28,30)/b22-15+. The largest absolute Gasteiger partial charge is 0.497 e. The number of para-hydroxylation sites is 1. The molecule has 0 aliphatic rings. The molecule has 0 unspecified atom stereocenters. The van der Waals surface area contributed by atoms with Crippen LogP contribution in [0.5, 0.6) is 5.75 Å². The Morgan fingerprint density at radius 2 is 1.81 bits per heavy atom. The van der Waals surface area contributed by atoms with Gasteiger partial charge in [0, 0.05) is 17.7 Å². The lowest BCUT2D eigenvalue weighted by Crippen LogP contribution is -2.34. The summed E-state index contributed by atoms with van der Waals surface area (Å²) < 4.78 is 16.1. The first-order chi connectivity index (χ1) is 17.4. The van der Waals surface area contributed by atoms with E-state index in [0.29, 0.717) is 17.1 Å². The van der Waals surface area contributed by atoms with E-state index in [9.17, 15) is 19.7 Å². The molecular formula is C26H21N3O7. The van der Waals surface area contributed by atoms with Crippen LogP contribution in [0.4, 0.5) is 5.69 Å². The molecule has 0 saturated heterocycles. The maximum Gasteiger partial charge on any atom is 0.280 e. The molecule has 4 rings (SSSR count). The van der Waals surface area contributed by atoms with Gasteiger partial charge in [-0.2, -0.15) is 0 Å². The fourth-order valence-electron chi connectivity index (χ4n) is 3.33. The summed E-state index contributed by atoms with van der Waals surface area (Å²) in [5, 5.41) is 16.6. The van der Waals surface area contributed by atoms with Crippen LogP contribution in [0.15, 0.2) is 93.6 Å². The summed E-state index contributed by atoms with van der Waals surface area (Å²) in [6, 6.07) is 19.0. The Labute approximate surface area is 205 Å². The molecule has 0 fully saturated rings. The third-order valence-corrected chi connectivity index (χ3v) is 5.13. The van der Waals surface area contributed by atoms with Gasteiger partial charge in [0.25, 0.3) is 17.5 Å². The lowest BCUT2D eigenvalue weighted by molar-refractivity contribution is -0.384. The molecule has 0 aliphatic heterocycles. The van der Waals surface area contributed by atoms with Gasteiger partial charge in [-0.3, -0.25) is 19.7 Å². The van der Waals surface area contributed by atoms with Crippen molar-refractivity contribution in [3.63, 3.8) is 0 Å². The van der Waals surface area contributed by atoms with E-state index >= 15 is 0 Å². The topological polar surface area (TPSA) is 137 Å². The average molecular weight is 487 g/mol. The number of carbonyl (C=O) groups excluding carboxylic acids is 2. The summed E-state index contributed by atoms with van der Waals surface area (Å²) in [6.07, 6.45) is 2.83. The van der Waals surface area contributed by atoms with Crippen molar-refractivity contribution in [1.82, 2.24) is 10.6 Å². The molecule has 2 heterocycles. The fraction of sp³-hybridized carbons (Fsp3) is 0.0769. The zero-order valence-corrected chi connectivity index (χ0v) is 19.1. The monoisotopic (exact) mass is 487 g/mol. The molecule has 2 aromatic carbocycles. The minimum Gasteiger partial charge on any atom is -0.497 e. The predicted molar refractivity (Wildman–Crippen MR) is 130 cm³/mol. The van der Waals surface area contributed by atoms with E-state index in [2.05, 4.69) is 10.6 Å². The molecule has 4 aromatic rings. The molecule has 182 valence electrons. The Balaban J connectivity index is 1.61. The van der Waals surface area contributed by atoms with E-state index < -0.39 is 16.7 Å². The number of carbonyl (C=O) groups is 2. The molecule has 10 heteroatoms. The second kappa shape index (κ2) is 10.9. The highest BCUT2D eigenvalue weighted by molar-refractivity contribution is 6.05. The molecule has 0 atom stereocenters. The summed E-state index contributed by atoms with van der Waals surface area (Å²) in [5.41, 5.74) is 0.381. The zero-order chi connectivity index (χ0) is 25.5. The van der Waals surface area contributed by atoms with Gasteiger partial charge in [-0.25, -0.2) is 0 Å². The Kier molecular flexibility index (Phi) is 7.25. The zero-order valence-electron chi connectivity index (χ0n) is 19.1. The van der Waals surface area contributed by atoms with Crippen LogP contribution in [0.1, 0.15) is 21.9 Å². The quantitative estimate of drug-likeness (QED) is 0.201. The minimum absolute atomic E-state index is 0.0918. The van der Waals surface area contributed by atoms with Crippen LogP contribution in [0.2, 0.25) is 0 Å². The second-order valence-electron chi connectivity index (χ2n) is 7.48. The van der Waals surface area contributed by atoms with Gasteiger partial charge in [0.15, 0.2) is 0 Å². The number of methoxy groups -OCH3 is 1. The summed E-state index contributed by atoms with van der Waals surface area (Å²) in [7, 11) is 1.51. The summed E-state index contributed by atoms with van der Waals surface area (Å²) >= 11 is 0. The van der Waals surface area contributed by atoms with Crippen LogP contribution in [0, 0.1) is 10.1 Å². The van der Waals surface area contributed by atoms with E-state index in [1.165, 1.54) is 25.5 Å². The lowest BCUT2D eigenvalue weighted by Gasteiger charge is -2.10. The van der Waals surface area contributed by atoms with Crippen molar-refractivity contribution >= 4 is 23.6 Å². The van der Waals surface area contributed by atoms with Crippen molar-refractivity contribution in [2.24, 2.45) is 0 Å². The Morgan fingerprint density at radius 1 is 1.03 bits per heavy atom. The van der Waals surface area contributed by atoms with Crippen LogP contribution in [-0.2, 0) is 11.3 Å². The van der Waals surface area contributed by atoms with Gasteiger partial charge in [0.2, 0.25) is 0 Å². The molecular weight excluding hydrogens is 466 g/mol. The molecule has 0 radical (unpaired) electrons. The number of hydrogen-bond donors (Lipinski definition) is 2. The number of benzene rings is 2. The van der Waals surface area contributed by atoms with E-state index in [1.54, 1.807) is 66.7 Å². The van der Waals surface area contributed by atoms with Gasteiger partial charge in [0.05, 0.1) is 30.4 Å². The minimum atomic E-state index is -0.586. The molecule has 0 spiro atoms. The number of nitro benzene ring substituents is 1. The Morgan fingerprint density at radius 3 is 2.50 bits per heavy atom. The molecule has 0 saturated carbocycles. The van der Waals surface area contributed by atoms with Crippen molar-refractivity contribution in [2.75, 3.05) is 7.11 Å². The van der Waals surface area contributed by atoms with Gasteiger partial charge in [-0.1, -0.05) is 12.1 Å². The smallest absolute Gasteiger partial charge is 0.280 e. The first kappa shape index (κ1) is 24.0. The van der Waals surface area contributed by atoms with Gasteiger partial charge in [0.1, 0.15) is 28.7 Å². The summed E-state index contributed by atoms with van der Waals surface area (Å²) in [4.78, 5) is 36.6. The van der Waals surface area contributed by atoms with Crippen LogP contribution in [0.3, 0.4) is 0 Å². The third kappa shape index (κ3) is 5.68. The molecule has 36 heavy (non-hydrogen) atoms. The van der Waals surface area contributed by atoms with Crippen LogP contribution < -0.4 is 15.4 Å². The number of amides is 2. The van der Waals surface area contributed by atoms with Gasteiger partial charge in [-0.05, 0) is 54.6 Å². The van der Waals surface area contributed by atoms with Gasteiger partial charge < -0.3 is 24.2 Å². The molecule has 10 nitrogen and oxygen atoms in total. The van der Waals surface area contributed by atoms with E-state index in [0.717, 1.165) is 0 Å². The number of nitrogens with zero attached hydrogens (tertiary/aromatic N) is 1. The number of rotatable bonds is 9. The van der Waals surface area contributed by atoms with Crippen molar-refractivity contribution < 1.29 is 28.1 Å². The highest BCUT2D eigenvalue weighted by Gasteiger charge is 2.19. The van der Waals surface area contributed by atoms with Crippen LogP contribution in [0.25, 0.3) is 17.4 Å². The lowest BCUT2D eigenvalue weighted by atomic mass is 10.1. The van der Waals surface area contributed by atoms with Crippen molar-refractivity contribution in [3.05, 3.63) is 112 Å². The number of furan rings is 2. The maximum atomic E-state index is 12.9. The number of hydrogen-bond acceptors (Lipinski definition) is 7. The number of ether oxygens (including phenoxy) is 1. The first-order valence-electron chi connectivity index (χ1n) is 10.8. The summed E-state index contributed by atoms with van der Waals surface area (Å²) in [6.45, 7) is 0.0984. The van der Waals surface area contributed by atoms with Gasteiger partial charge in [-0.15, -0.1) is 0 Å². The Bertz CT molecular complexity index is 1400. The SMILES string of the molecule is COc1ccc(C(=O)N/C(=C/c2ccc(-c3ccccc3[N+](=O)[O-])o2)C(=O)NCc2ccco2)cc1. The first-order valence-corrected chi connectivity index (χ1v) is 10.8. The molecule has 2 aromatic heterocycles. The molecule has 0 aliphatic carbocycles. The molecule has 0 bridgehead atoms. The second-order valence-corrected chi connectivity index (χ2v) is 7.48. The highest BCUT2D eigenvalue weighted by Crippen LogP contribution is 2.31. The predicted octanol–water partition coefficient (Wildman–Crippen LogP) is 4.54. The van der Waals surface area contributed by atoms with Crippen LogP contribution in [-0.4, -0.2) is 23.8 Å². The third-order valence-electron chi connectivity index (χ3n) is 5.13. The maximum absolute atomic E-state index is 12.9. The number of nitro groups is 1. The van der Waals surface area contributed by atoms with Crippen molar-refractivity contribution in [1.29, 1.82) is 0 Å². The number of nitrogens with one attached hydrogen (secondary N) is 2. The van der Waals surface area contributed by atoms with E-state index in [1.807, 2.05) is 0 Å². The van der Waals surface area contributed by atoms with E-state index in [4.69, 9.17) is 13.6 Å². The Hall–Kier alpha value is -5.12. The molecule has 2 N–H and O–H groups in total. The average Bonchev–Trinajstić information content (AvgIpc) is 3.59. The van der Waals surface area contributed by atoms with Gasteiger partial charge >= 0.3 is 0 Å². The van der Waals surface area contributed by atoms with Crippen molar-refractivity contribution in [3.8, 4) is 17.1 Å². The van der Waals surface area contributed by atoms with Crippen molar-refractivity contribution in [2.45, 2.75) is 6.54 Å².